The molecule has 3 nitrogen and oxygen atoms in total. The SMILES string of the molecule is CSC1CCC(NCC(O)COc2cccc(Cl)c2)CC1. The van der Waals surface area contributed by atoms with E-state index in [0.29, 0.717) is 23.4 Å². The molecule has 2 N–H and O–H groups in total. The maximum atomic E-state index is 9.98. The number of rotatable bonds is 7. The molecule has 2 rings (SSSR count). The quantitative estimate of drug-likeness (QED) is 0.805. The lowest BCUT2D eigenvalue weighted by atomic mass is 9.95. The first-order chi connectivity index (χ1) is 10.2. The van der Waals surface area contributed by atoms with Crippen molar-refractivity contribution >= 4 is 23.4 Å². The minimum atomic E-state index is -0.498. The van der Waals surface area contributed by atoms with Gasteiger partial charge in [0.15, 0.2) is 0 Å². The third-order valence-electron chi connectivity index (χ3n) is 3.89. The second kappa shape index (κ2) is 8.89. The van der Waals surface area contributed by atoms with E-state index in [0.717, 1.165) is 5.25 Å². The van der Waals surface area contributed by atoms with Gasteiger partial charge >= 0.3 is 0 Å². The highest BCUT2D eigenvalue weighted by molar-refractivity contribution is 7.99. The molecule has 0 saturated heterocycles. The number of halogens is 1. The second-order valence-electron chi connectivity index (χ2n) is 5.54. The van der Waals surface area contributed by atoms with Crippen LogP contribution in [-0.2, 0) is 0 Å². The Kier molecular flexibility index (Phi) is 7.17. The fourth-order valence-corrected chi connectivity index (χ4v) is 3.54. The highest BCUT2D eigenvalue weighted by atomic mass is 35.5. The van der Waals surface area contributed by atoms with Crippen LogP contribution >= 0.6 is 23.4 Å². The van der Waals surface area contributed by atoms with E-state index in [9.17, 15) is 5.11 Å². The van der Waals surface area contributed by atoms with Crippen LogP contribution in [0.4, 0.5) is 0 Å². The predicted octanol–water partition coefficient (Wildman–Crippen LogP) is 3.34. The summed E-state index contributed by atoms with van der Waals surface area (Å²) < 4.78 is 5.55. The highest BCUT2D eigenvalue weighted by Gasteiger charge is 2.20. The van der Waals surface area contributed by atoms with E-state index in [2.05, 4.69) is 11.6 Å². The van der Waals surface area contributed by atoms with Gasteiger partial charge in [-0.2, -0.15) is 11.8 Å². The Bertz CT molecular complexity index is 424. The van der Waals surface area contributed by atoms with Gasteiger partial charge in [0.05, 0.1) is 0 Å². The Morgan fingerprint density at radius 3 is 2.81 bits per heavy atom. The van der Waals surface area contributed by atoms with Crippen LogP contribution in [0.25, 0.3) is 0 Å². The van der Waals surface area contributed by atoms with E-state index in [1.807, 2.05) is 23.9 Å². The van der Waals surface area contributed by atoms with E-state index in [-0.39, 0.29) is 6.61 Å². The van der Waals surface area contributed by atoms with Crippen LogP contribution in [0.15, 0.2) is 24.3 Å². The molecule has 1 unspecified atom stereocenters. The first-order valence-corrected chi connectivity index (χ1v) is 9.16. The molecule has 5 heteroatoms. The smallest absolute Gasteiger partial charge is 0.120 e. The zero-order valence-electron chi connectivity index (χ0n) is 12.4. The van der Waals surface area contributed by atoms with Gasteiger partial charge in [-0.1, -0.05) is 17.7 Å². The molecule has 1 aromatic carbocycles. The lowest BCUT2D eigenvalue weighted by Gasteiger charge is -2.28. The number of aliphatic hydroxyl groups excluding tert-OH is 1. The Hall–Kier alpha value is -0.420. The summed E-state index contributed by atoms with van der Waals surface area (Å²) in [6, 6.07) is 7.78. The zero-order chi connectivity index (χ0) is 15.1. The monoisotopic (exact) mass is 329 g/mol. The minimum Gasteiger partial charge on any atom is -0.491 e. The fraction of sp³-hybridized carbons (Fsp3) is 0.625. The molecule has 1 aliphatic rings. The minimum absolute atomic E-state index is 0.285. The topological polar surface area (TPSA) is 41.5 Å². The molecular weight excluding hydrogens is 306 g/mol. The summed E-state index contributed by atoms with van der Waals surface area (Å²) in [5.74, 6) is 0.696. The molecule has 1 aromatic rings. The van der Waals surface area contributed by atoms with E-state index in [1.165, 1.54) is 25.7 Å². The summed E-state index contributed by atoms with van der Waals surface area (Å²) >= 11 is 7.86. The Morgan fingerprint density at radius 1 is 1.38 bits per heavy atom. The van der Waals surface area contributed by atoms with Crippen molar-refractivity contribution in [3.8, 4) is 5.75 Å². The van der Waals surface area contributed by atoms with Crippen LogP contribution < -0.4 is 10.1 Å². The summed E-state index contributed by atoms with van der Waals surface area (Å²) in [4.78, 5) is 0. The molecule has 0 spiro atoms. The summed E-state index contributed by atoms with van der Waals surface area (Å²) in [6.07, 6.45) is 6.64. The zero-order valence-corrected chi connectivity index (χ0v) is 14.0. The Labute approximate surface area is 136 Å². The number of nitrogens with one attached hydrogen (secondary N) is 1. The van der Waals surface area contributed by atoms with E-state index in [1.54, 1.807) is 12.1 Å². The van der Waals surface area contributed by atoms with Crippen molar-refractivity contribution in [2.75, 3.05) is 19.4 Å². The number of ether oxygens (including phenoxy) is 1. The molecule has 21 heavy (non-hydrogen) atoms. The number of thioether (sulfide) groups is 1. The number of hydrogen-bond acceptors (Lipinski definition) is 4. The van der Waals surface area contributed by atoms with E-state index < -0.39 is 6.10 Å². The molecule has 0 bridgehead atoms. The molecule has 1 fully saturated rings. The molecule has 0 radical (unpaired) electrons. The lowest BCUT2D eigenvalue weighted by Crippen LogP contribution is -2.40. The third kappa shape index (κ3) is 6.07. The average Bonchev–Trinajstić information content (AvgIpc) is 2.51. The maximum Gasteiger partial charge on any atom is 0.120 e. The maximum absolute atomic E-state index is 9.98. The van der Waals surface area contributed by atoms with Gasteiger partial charge in [-0.15, -0.1) is 0 Å². The molecule has 0 heterocycles. The first-order valence-electron chi connectivity index (χ1n) is 7.50. The van der Waals surface area contributed by atoms with Gasteiger partial charge in [0, 0.05) is 22.9 Å². The molecular formula is C16H24ClNO2S. The van der Waals surface area contributed by atoms with Crippen molar-refractivity contribution < 1.29 is 9.84 Å². The van der Waals surface area contributed by atoms with E-state index >= 15 is 0 Å². The van der Waals surface area contributed by atoms with Gasteiger partial charge in [-0.3, -0.25) is 0 Å². The Morgan fingerprint density at radius 2 is 2.14 bits per heavy atom. The highest BCUT2D eigenvalue weighted by Crippen LogP contribution is 2.26. The fourth-order valence-electron chi connectivity index (χ4n) is 2.61. The molecule has 1 saturated carbocycles. The van der Waals surface area contributed by atoms with Crippen molar-refractivity contribution in [2.45, 2.75) is 43.1 Å². The van der Waals surface area contributed by atoms with Gasteiger partial charge < -0.3 is 15.2 Å². The van der Waals surface area contributed by atoms with Crippen LogP contribution in [0.3, 0.4) is 0 Å². The molecule has 0 aromatic heterocycles. The van der Waals surface area contributed by atoms with Crippen LogP contribution in [0.2, 0.25) is 5.02 Å². The average molecular weight is 330 g/mol. The lowest BCUT2D eigenvalue weighted by molar-refractivity contribution is 0.102. The van der Waals surface area contributed by atoms with E-state index in [4.69, 9.17) is 16.3 Å². The number of aliphatic hydroxyl groups is 1. The predicted molar refractivity (Wildman–Crippen MR) is 90.5 cm³/mol. The molecule has 0 amide bonds. The van der Waals surface area contributed by atoms with Crippen molar-refractivity contribution in [2.24, 2.45) is 0 Å². The summed E-state index contributed by atoms with van der Waals surface area (Å²) in [5, 5.41) is 14.9. The number of hydrogen-bond donors (Lipinski definition) is 2. The van der Waals surface area contributed by atoms with Crippen LogP contribution in [0.5, 0.6) is 5.75 Å². The normalized spacial score (nSPS) is 23.8. The van der Waals surface area contributed by atoms with Gasteiger partial charge in [-0.25, -0.2) is 0 Å². The molecule has 1 aliphatic carbocycles. The van der Waals surface area contributed by atoms with Crippen molar-refractivity contribution in [1.29, 1.82) is 0 Å². The Balaban J connectivity index is 1.62. The first kappa shape index (κ1) is 16.9. The molecule has 118 valence electrons. The van der Waals surface area contributed by atoms with Crippen molar-refractivity contribution in [3.05, 3.63) is 29.3 Å². The van der Waals surface area contributed by atoms with Gasteiger partial charge in [0.25, 0.3) is 0 Å². The van der Waals surface area contributed by atoms with Gasteiger partial charge in [0.1, 0.15) is 18.5 Å². The largest absolute Gasteiger partial charge is 0.491 e. The number of benzene rings is 1. The van der Waals surface area contributed by atoms with Crippen LogP contribution in [-0.4, -0.2) is 41.9 Å². The summed E-state index contributed by atoms with van der Waals surface area (Å²) in [7, 11) is 0. The van der Waals surface area contributed by atoms with Crippen LogP contribution in [0, 0.1) is 0 Å². The summed E-state index contributed by atoms with van der Waals surface area (Å²) in [5.41, 5.74) is 0. The molecule has 1 atom stereocenters. The van der Waals surface area contributed by atoms with Crippen molar-refractivity contribution in [1.82, 2.24) is 5.32 Å². The molecule has 0 aliphatic heterocycles. The standard InChI is InChI=1S/C16H24ClNO2S/c1-21-16-7-5-13(6-8-16)18-10-14(19)11-20-15-4-2-3-12(17)9-15/h2-4,9,13-14,16,18-19H,5-8,10-11H2,1H3. The van der Waals surface area contributed by atoms with Crippen molar-refractivity contribution in [3.63, 3.8) is 0 Å². The van der Waals surface area contributed by atoms with Gasteiger partial charge in [0.2, 0.25) is 0 Å². The van der Waals surface area contributed by atoms with Crippen LogP contribution in [0.1, 0.15) is 25.7 Å². The third-order valence-corrected chi connectivity index (χ3v) is 5.26. The van der Waals surface area contributed by atoms with Gasteiger partial charge in [-0.05, 0) is 50.1 Å². The second-order valence-corrected chi connectivity index (χ2v) is 7.11. The summed E-state index contributed by atoms with van der Waals surface area (Å²) in [6.45, 7) is 0.864.